The molecule has 2 aliphatic rings. The van der Waals surface area contributed by atoms with Crippen LogP contribution in [-0.4, -0.2) is 25.3 Å². The first-order valence-corrected chi connectivity index (χ1v) is 3.66. The Balaban J connectivity index is 2.08. The molecular formula is C7H10O3. The number of rotatable bonds is 0. The van der Waals surface area contributed by atoms with Crippen molar-refractivity contribution in [2.45, 2.75) is 18.9 Å². The zero-order chi connectivity index (χ0) is 6.97. The van der Waals surface area contributed by atoms with Crippen LogP contribution in [-0.2, 0) is 14.3 Å². The van der Waals surface area contributed by atoms with Crippen LogP contribution < -0.4 is 0 Å². The summed E-state index contributed by atoms with van der Waals surface area (Å²) < 4.78 is 10.2. The standard InChI is InChI=1S/C7H10O3/c8-7-5-2-1-3-9-6(5)4-10-7/h5-6H,1-4H2/t5-,6-/m1/s1. The molecule has 2 rings (SSSR count). The Morgan fingerprint density at radius 3 is 3.20 bits per heavy atom. The molecule has 0 radical (unpaired) electrons. The summed E-state index contributed by atoms with van der Waals surface area (Å²) in [5.74, 6) is -0.0153. The van der Waals surface area contributed by atoms with Gasteiger partial charge >= 0.3 is 5.97 Å². The van der Waals surface area contributed by atoms with Gasteiger partial charge in [0.1, 0.15) is 12.7 Å². The van der Waals surface area contributed by atoms with Crippen molar-refractivity contribution in [1.29, 1.82) is 0 Å². The largest absolute Gasteiger partial charge is 0.463 e. The van der Waals surface area contributed by atoms with E-state index in [2.05, 4.69) is 0 Å². The Morgan fingerprint density at radius 1 is 1.50 bits per heavy atom. The Kier molecular flexibility index (Phi) is 1.38. The van der Waals surface area contributed by atoms with Crippen molar-refractivity contribution in [3.8, 4) is 0 Å². The van der Waals surface area contributed by atoms with Crippen LogP contribution in [0.4, 0.5) is 0 Å². The van der Waals surface area contributed by atoms with Gasteiger partial charge in [-0.25, -0.2) is 0 Å². The fraction of sp³-hybridized carbons (Fsp3) is 0.857. The maximum atomic E-state index is 10.9. The van der Waals surface area contributed by atoms with Gasteiger partial charge in [0.05, 0.1) is 5.92 Å². The lowest BCUT2D eigenvalue weighted by molar-refractivity contribution is -0.142. The lowest BCUT2D eigenvalue weighted by atomic mass is 9.97. The fourth-order valence-electron chi connectivity index (χ4n) is 1.55. The van der Waals surface area contributed by atoms with Crippen LogP contribution in [0.1, 0.15) is 12.8 Å². The highest BCUT2D eigenvalue weighted by Crippen LogP contribution is 2.27. The second-order valence-electron chi connectivity index (χ2n) is 2.79. The van der Waals surface area contributed by atoms with E-state index in [1.54, 1.807) is 0 Å². The zero-order valence-corrected chi connectivity index (χ0v) is 5.71. The molecular weight excluding hydrogens is 132 g/mol. The van der Waals surface area contributed by atoms with E-state index in [9.17, 15) is 4.79 Å². The number of fused-ring (bicyclic) bond motifs is 1. The van der Waals surface area contributed by atoms with E-state index in [-0.39, 0.29) is 18.0 Å². The van der Waals surface area contributed by atoms with Gasteiger partial charge in [-0.15, -0.1) is 0 Å². The Morgan fingerprint density at radius 2 is 2.40 bits per heavy atom. The molecule has 0 aromatic heterocycles. The molecule has 0 bridgehead atoms. The minimum absolute atomic E-state index is 0.0498. The molecule has 2 heterocycles. The maximum Gasteiger partial charge on any atom is 0.311 e. The number of esters is 1. The molecule has 3 heteroatoms. The number of ether oxygens (including phenoxy) is 2. The van der Waals surface area contributed by atoms with Crippen LogP contribution in [0, 0.1) is 5.92 Å². The summed E-state index contributed by atoms with van der Waals surface area (Å²) in [5.41, 5.74) is 0. The van der Waals surface area contributed by atoms with Crippen LogP contribution >= 0.6 is 0 Å². The van der Waals surface area contributed by atoms with E-state index >= 15 is 0 Å². The smallest absolute Gasteiger partial charge is 0.311 e. The van der Waals surface area contributed by atoms with Crippen molar-refractivity contribution in [3.05, 3.63) is 0 Å². The van der Waals surface area contributed by atoms with Gasteiger partial charge < -0.3 is 9.47 Å². The van der Waals surface area contributed by atoms with Gasteiger partial charge in [0, 0.05) is 6.61 Å². The van der Waals surface area contributed by atoms with E-state index in [1.165, 1.54) is 0 Å². The normalized spacial score (nSPS) is 39.0. The van der Waals surface area contributed by atoms with Gasteiger partial charge in [-0.3, -0.25) is 4.79 Å². The Hall–Kier alpha value is -0.570. The van der Waals surface area contributed by atoms with Gasteiger partial charge in [-0.1, -0.05) is 0 Å². The summed E-state index contributed by atoms with van der Waals surface area (Å²) in [7, 11) is 0. The van der Waals surface area contributed by atoms with Crippen molar-refractivity contribution in [2.75, 3.05) is 13.2 Å². The number of carbonyl (C=O) groups is 1. The van der Waals surface area contributed by atoms with Crippen molar-refractivity contribution in [1.82, 2.24) is 0 Å². The molecule has 0 aliphatic carbocycles. The first-order valence-electron chi connectivity index (χ1n) is 3.66. The van der Waals surface area contributed by atoms with E-state index in [0.29, 0.717) is 6.61 Å². The predicted molar refractivity (Wildman–Crippen MR) is 33.4 cm³/mol. The van der Waals surface area contributed by atoms with Crippen LogP contribution in [0.25, 0.3) is 0 Å². The second kappa shape index (κ2) is 2.23. The lowest BCUT2D eigenvalue weighted by Gasteiger charge is -2.20. The summed E-state index contributed by atoms with van der Waals surface area (Å²) >= 11 is 0. The van der Waals surface area contributed by atoms with Crippen molar-refractivity contribution >= 4 is 5.97 Å². The molecule has 10 heavy (non-hydrogen) atoms. The highest BCUT2D eigenvalue weighted by atomic mass is 16.6. The Labute approximate surface area is 59.3 Å². The highest BCUT2D eigenvalue weighted by molar-refractivity contribution is 5.75. The minimum atomic E-state index is -0.0651. The molecule has 3 nitrogen and oxygen atoms in total. The van der Waals surface area contributed by atoms with Crippen molar-refractivity contribution < 1.29 is 14.3 Å². The molecule has 0 N–H and O–H groups in total. The van der Waals surface area contributed by atoms with E-state index < -0.39 is 0 Å². The van der Waals surface area contributed by atoms with Gasteiger partial charge in [-0.2, -0.15) is 0 Å². The van der Waals surface area contributed by atoms with Crippen LogP contribution in [0.2, 0.25) is 0 Å². The molecule has 0 saturated carbocycles. The topological polar surface area (TPSA) is 35.5 Å². The van der Waals surface area contributed by atoms with Gasteiger partial charge in [0.2, 0.25) is 0 Å². The first kappa shape index (κ1) is 6.16. The van der Waals surface area contributed by atoms with Gasteiger partial charge in [0.15, 0.2) is 0 Å². The minimum Gasteiger partial charge on any atom is -0.463 e. The van der Waals surface area contributed by atoms with Crippen LogP contribution in [0.3, 0.4) is 0 Å². The number of cyclic esters (lactones) is 1. The molecule has 56 valence electrons. The second-order valence-corrected chi connectivity index (χ2v) is 2.79. The molecule has 0 aromatic rings. The van der Waals surface area contributed by atoms with E-state index in [1.807, 2.05) is 0 Å². The summed E-state index contributed by atoms with van der Waals surface area (Å²) in [6, 6.07) is 0. The number of hydrogen-bond donors (Lipinski definition) is 0. The van der Waals surface area contributed by atoms with E-state index in [4.69, 9.17) is 9.47 Å². The molecule has 0 spiro atoms. The van der Waals surface area contributed by atoms with Crippen LogP contribution in [0.15, 0.2) is 0 Å². The summed E-state index contributed by atoms with van der Waals surface area (Å²) in [6.45, 7) is 1.27. The quantitative estimate of drug-likeness (QED) is 0.457. The molecule has 0 aromatic carbocycles. The summed E-state index contributed by atoms with van der Waals surface area (Å²) in [5, 5.41) is 0. The molecule has 2 fully saturated rings. The summed E-state index contributed by atoms with van der Waals surface area (Å²) in [6.07, 6.45) is 2.01. The third-order valence-corrected chi connectivity index (χ3v) is 2.13. The lowest BCUT2D eigenvalue weighted by Crippen LogP contribution is -2.29. The molecule has 2 aliphatic heterocycles. The molecule has 2 saturated heterocycles. The maximum absolute atomic E-state index is 10.9. The number of hydrogen-bond acceptors (Lipinski definition) is 3. The molecule has 2 atom stereocenters. The monoisotopic (exact) mass is 142 g/mol. The van der Waals surface area contributed by atoms with Crippen molar-refractivity contribution in [3.63, 3.8) is 0 Å². The average molecular weight is 142 g/mol. The van der Waals surface area contributed by atoms with Crippen molar-refractivity contribution in [2.24, 2.45) is 5.92 Å². The fourth-order valence-corrected chi connectivity index (χ4v) is 1.55. The average Bonchev–Trinajstić information content (AvgIpc) is 2.34. The summed E-state index contributed by atoms with van der Waals surface area (Å²) in [4.78, 5) is 10.9. The zero-order valence-electron chi connectivity index (χ0n) is 5.71. The molecule has 0 unspecified atom stereocenters. The van der Waals surface area contributed by atoms with E-state index in [0.717, 1.165) is 19.4 Å². The SMILES string of the molecule is O=C1OC[C@H]2OCCC[C@@H]12. The Bertz CT molecular complexity index is 155. The third kappa shape index (κ3) is 0.814. The highest BCUT2D eigenvalue weighted by Gasteiger charge is 2.39. The predicted octanol–water partition coefficient (Wildman–Crippen LogP) is 0.338. The number of carbonyl (C=O) groups excluding carboxylic acids is 1. The third-order valence-electron chi connectivity index (χ3n) is 2.13. The van der Waals surface area contributed by atoms with Gasteiger partial charge in [0.25, 0.3) is 0 Å². The molecule has 0 amide bonds. The van der Waals surface area contributed by atoms with Gasteiger partial charge in [-0.05, 0) is 12.8 Å². The van der Waals surface area contributed by atoms with Crippen LogP contribution in [0.5, 0.6) is 0 Å². The first-order chi connectivity index (χ1) is 4.88.